The molecule has 0 saturated carbocycles. The van der Waals surface area contributed by atoms with Crippen LogP contribution in [-0.2, 0) is 0 Å². The minimum atomic E-state index is -0.466. The highest BCUT2D eigenvalue weighted by molar-refractivity contribution is 5.94. The van der Waals surface area contributed by atoms with Crippen LogP contribution >= 0.6 is 0 Å². The van der Waals surface area contributed by atoms with E-state index in [-0.39, 0.29) is 11.7 Å². The third-order valence-corrected chi connectivity index (χ3v) is 2.67. The standard InChI is InChI=1S/C13H19FN2O2/c1-15-7-4-8-16(2)13(17)10-5-6-11(14)12(9-10)18-3/h5-6,9,15H,4,7-8H2,1-3H3. The fourth-order valence-corrected chi connectivity index (χ4v) is 1.61. The second-order valence-corrected chi connectivity index (χ2v) is 4.03. The van der Waals surface area contributed by atoms with Crippen LogP contribution in [0.4, 0.5) is 4.39 Å². The maximum atomic E-state index is 13.2. The lowest BCUT2D eigenvalue weighted by atomic mass is 10.2. The summed E-state index contributed by atoms with van der Waals surface area (Å²) in [5.74, 6) is -0.513. The maximum absolute atomic E-state index is 13.2. The minimum Gasteiger partial charge on any atom is -0.494 e. The Labute approximate surface area is 107 Å². The smallest absolute Gasteiger partial charge is 0.253 e. The zero-order chi connectivity index (χ0) is 13.5. The van der Waals surface area contributed by atoms with Gasteiger partial charge in [0, 0.05) is 19.2 Å². The molecular formula is C13H19FN2O2. The lowest BCUT2D eigenvalue weighted by Gasteiger charge is -2.17. The highest BCUT2D eigenvalue weighted by Crippen LogP contribution is 2.19. The van der Waals surface area contributed by atoms with Crippen molar-refractivity contribution in [2.24, 2.45) is 0 Å². The average Bonchev–Trinajstić information content (AvgIpc) is 2.38. The van der Waals surface area contributed by atoms with E-state index in [1.807, 2.05) is 7.05 Å². The van der Waals surface area contributed by atoms with Gasteiger partial charge in [-0.05, 0) is 38.2 Å². The largest absolute Gasteiger partial charge is 0.494 e. The molecule has 0 aliphatic heterocycles. The van der Waals surface area contributed by atoms with Crippen LogP contribution in [0.3, 0.4) is 0 Å². The van der Waals surface area contributed by atoms with Crippen molar-refractivity contribution in [3.63, 3.8) is 0 Å². The first-order valence-corrected chi connectivity index (χ1v) is 5.83. The Hall–Kier alpha value is -1.62. The maximum Gasteiger partial charge on any atom is 0.253 e. The second kappa shape index (κ2) is 6.96. The molecule has 1 N–H and O–H groups in total. The van der Waals surface area contributed by atoms with Crippen molar-refractivity contribution < 1.29 is 13.9 Å². The lowest BCUT2D eigenvalue weighted by Crippen LogP contribution is -2.29. The summed E-state index contributed by atoms with van der Waals surface area (Å²) in [6.45, 7) is 1.50. The number of hydrogen-bond acceptors (Lipinski definition) is 3. The van der Waals surface area contributed by atoms with Crippen molar-refractivity contribution >= 4 is 5.91 Å². The molecule has 1 aromatic carbocycles. The number of ether oxygens (including phenoxy) is 1. The molecule has 1 amide bonds. The third kappa shape index (κ3) is 3.70. The highest BCUT2D eigenvalue weighted by atomic mass is 19.1. The van der Waals surface area contributed by atoms with E-state index in [0.717, 1.165) is 13.0 Å². The first-order chi connectivity index (χ1) is 8.60. The Morgan fingerprint density at radius 2 is 2.22 bits per heavy atom. The molecule has 0 aliphatic carbocycles. The van der Waals surface area contributed by atoms with Crippen molar-refractivity contribution in [2.75, 3.05) is 34.3 Å². The summed E-state index contributed by atoms with van der Waals surface area (Å²) in [6.07, 6.45) is 0.872. The van der Waals surface area contributed by atoms with Gasteiger partial charge in [0.1, 0.15) is 0 Å². The van der Waals surface area contributed by atoms with Crippen molar-refractivity contribution in [1.82, 2.24) is 10.2 Å². The number of hydrogen-bond donors (Lipinski definition) is 1. The van der Waals surface area contributed by atoms with Crippen LogP contribution in [0.5, 0.6) is 5.75 Å². The SMILES string of the molecule is CNCCCN(C)C(=O)c1ccc(F)c(OC)c1. The summed E-state index contributed by atoms with van der Waals surface area (Å²) in [4.78, 5) is 13.7. The van der Waals surface area contributed by atoms with Gasteiger partial charge in [0.2, 0.25) is 0 Å². The summed E-state index contributed by atoms with van der Waals surface area (Å²) in [6, 6.07) is 4.13. The van der Waals surface area contributed by atoms with E-state index in [0.29, 0.717) is 12.1 Å². The summed E-state index contributed by atoms with van der Waals surface area (Å²) < 4.78 is 18.1. The van der Waals surface area contributed by atoms with Crippen molar-refractivity contribution in [1.29, 1.82) is 0 Å². The predicted molar refractivity (Wildman–Crippen MR) is 68.5 cm³/mol. The molecule has 0 aliphatic rings. The van der Waals surface area contributed by atoms with Gasteiger partial charge < -0.3 is 15.0 Å². The van der Waals surface area contributed by atoms with Gasteiger partial charge in [-0.3, -0.25) is 4.79 Å². The van der Waals surface area contributed by atoms with E-state index in [1.165, 1.54) is 25.3 Å². The quantitative estimate of drug-likeness (QED) is 0.782. The Balaban J connectivity index is 2.71. The van der Waals surface area contributed by atoms with Crippen LogP contribution in [0.25, 0.3) is 0 Å². The molecule has 0 spiro atoms. The Kier molecular flexibility index (Phi) is 5.58. The predicted octanol–water partition coefficient (Wildman–Crippen LogP) is 1.52. The van der Waals surface area contributed by atoms with Crippen molar-refractivity contribution in [2.45, 2.75) is 6.42 Å². The monoisotopic (exact) mass is 254 g/mol. The third-order valence-electron chi connectivity index (χ3n) is 2.67. The molecule has 18 heavy (non-hydrogen) atoms. The van der Waals surface area contributed by atoms with Crippen molar-refractivity contribution in [3.8, 4) is 5.75 Å². The molecule has 0 fully saturated rings. The molecule has 100 valence electrons. The van der Waals surface area contributed by atoms with E-state index in [2.05, 4.69) is 5.32 Å². The summed E-state index contributed by atoms with van der Waals surface area (Å²) in [7, 11) is 4.98. The molecule has 4 nitrogen and oxygen atoms in total. The molecule has 0 unspecified atom stereocenters. The Morgan fingerprint density at radius 1 is 1.50 bits per heavy atom. The molecule has 0 aromatic heterocycles. The van der Waals surface area contributed by atoms with Gasteiger partial charge in [-0.2, -0.15) is 0 Å². The van der Waals surface area contributed by atoms with Gasteiger partial charge in [0.05, 0.1) is 7.11 Å². The molecule has 0 heterocycles. The highest BCUT2D eigenvalue weighted by Gasteiger charge is 2.13. The van der Waals surface area contributed by atoms with Crippen LogP contribution < -0.4 is 10.1 Å². The molecule has 1 aromatic rings. The van der Waals surface area contributed by atoms with Gasteiger partial charge in [-0.15, -0.1) is 0 Å². The number of methoxy groups -OCH3 is 1. The van der Waals surface area contributed by atoms with E-state index >= 15 is 0 Å². The second-order valence-electron chi connectivity index (χ2n) is 4.03. The topological polar surface area (TPSA) is 41.6 Å². The van der Waals surface area contributed by atoms with Gasteiger partial charge in [0.25, 0.3) is 5.91 Å². The van der Waals surface area contributed by atoms with Crippen molar-refractivity contribution in [3.05, 3.63) is 29.6 Å². The number of carbonyl (C=O) groups excluding carboxylic acids is 1. The van der Waals surface area contributed by atoms with Gasteiger partial charge in [-0.1, -0.05) is 0 Å². The zero-order valence-corrected chi connectivity index (χ0v) is 11.0. The number of carbonyl (C=O) groups is 1. The number of rotatable bonds is 6. The van der Waals surface area contributed by atoms with Crippen LogP contribution in [0.15, 0.2) is 18.2 Å². The number of nitrogens with one attached hydrogen (secondary N) is 1. The average molecular weight is 254 g/mol. The minimum absolute atomic E-state index is 0.0875. The molecule has 0 saturated heterocycles. The molecule has 5 heteroatoms. The van der Waals surface area contributed by atoms with E-state index in [1.54, 1.807) is 11.9 Å². The van der Waals surface area contributed by atoms with Gasteiger partial charge in [0.15, 0.2) is 11.6 Å². The van der Waals surface area contributed by atoms with Gasteiger partial charge in [-0.25, -0.2) is 4.39 Å². The summed E-state index contributed by atoms with van der Waals surface area (Å²) in [5, 5.41) is 3.02. The fourth-order valence-electron chi connectivity index (χ4n) is 1.61. The fraction of sp³-hybridized carbons (Fsp3) is 0.462. The summed E-state index contributed by atoms with van der Waals surface area (Å²) in [5.41, 5.74) is 0.431. The van der Waals surface area contributed by atoms with E-state index < -0.39 is 5.82 Å². The van der Waals surface area contributed by atoms with E-state index in [4.69, 9.17) is 4.74 Å². The molecule has 1 rings (SSSR count). The number of benzene rings is 1. The molecule has 0 radical (unpaired) electrons. The van der Waals surface area contributed by atoms with Crippen LogP contribution in [0.2, 0.25) is 0 Å². The zero-order valence-electron chi connectivity index (χ0n) is 11.0. The molecule has 0 atom stereocenters. The number of nitrogens with zero attached hydrogens (tertiary/aromatic N) is 1. The molecular weight excluding hydrogens is 235 g/mol. The van der Waals surface area contributed by atoms with Gasteiger partial charge >= 0.3 is 0 Å². The summed E-state index contributed by atoms with van der Waals surface area (Å²) >= 11 is 0. The van der Waals surface area contributed by atoms with Crippen LogP contribution in [-0.4, -0.2) is 45.1 Å². The van der Waals surface area contributed by atoms with Crippen LogP contribution in [0.1, 0.15) is 16.8 Å². The lowest BCUT2D eigenvalue weighted by molar-refractivity contribution is 0.0793. The normalized spacial score (nSPS) is 10.2. The Bertz CT molecular complexity index is 410. The first-order valence-electron chi connectivity index (χ1n) is 5.83. The first kappa shape index (κ1) is 14.4. The molecule has 0 bridgehead atoms. The van der Waals surface area contributed by atoms with Crippen LogP contribution in [0, 0.1) is 5.82 Å². The number of amides is 1. The van der Waals surface area contributed by atoms with E-state index in [9.17, 15) is 9.18 Å². The number of halogens is 1. The Morgan fingerprint density at radius 3 is 2.83 bits per heavy atom.